The van der Waals surface area contributed by atoms with E-state index in [0.29, 0.717) is 0 Å². The number of imidazole rings is 1. The monoisotopic (exact) mass is 893 g/mol. The fourth-order valence-corrected chi connectivity index (χ4v) is 11.1. The van der Waals surface area contributed by atoms with Crippen molar-refractivity contribution in [1.29, 1.82) is 0 Å². The molecule has 334 valence electrons. The molecule has 7 heteroatoms. The summed E-state index contributed by atoms with van der Waals surface area (Å²) in [5.74, 6) is 1.07. The van der Waals surface area contributed by atoms with E-state index in [1.165, 1.54) is 32.8 Å². The molecule has 0 saturated carbocycles. The second-order valence-electron chi connectivity index (χ2n) is 21.0. The molecule has 0 N–H and O–H groups in total. The highest BCUT2D eigenvalue weighted by Gasteiger charge is 2.47. The van der Waals surface area contributed by atoms with Crippen molar-refractivity contribution in [1.82, 2.24) is 9.38 Å². The second-order valence-corrected chi connectivity index (χ2v) is 21.0. The minimum atomic E-state index is -0.184. The Hall–Kier alpha value is -8.03. The van der Waals surface area contributed by atoms with Crippen LogP contribution in [0.4, 0.5) is 51.3 Å². The first-order valence-electron chi connectivity index (χ1n) is 24.2. The number of furan rings is 1. The van der Waals surface area contributed by atoms with Crippen LogP contribution in [0.3, 0.4) is 0 Å². The Kier molecular flexibility index (Phi) is 8.95. The van der Waals surface area contributed by atoms with Gasteiger partial charge in [0.2, 0.25) is 0 Å². The lowest BCUT2D eigenvalue weighted by Crippen LogP contribution is -2.62. The summed E-state index contributed by atoms with van der Waals surface area (Å²) in [5.41, 5.74) is 18.4. The van der Waals surface area contributed by atoms with Gasteiger partial charge in [-0.3, -0.25) is 9.30 Å². The molecule has 0 radical (unpaired) electrons. The summed E-state index contributed by atoms with van der Waals surface area (Å²) in [6.07, 6.45) is 2.31. The Morgan fingerprint density at radius 1 is 0.536 bits per heavy atom. The quantitative estimate of drug-likeness (QED) is 0.161. The molecule has 0 bridgehead atoms. The van der Waals surface area contributed by atoms with Crippen molar-refractivity contribution in [2.24, 2.45) is 0 Å². The molecule has 0 aliphatic carbocycles. The summed E-state index contributed by atoms with van der Waals surface area (Å²) in [7, 11) is 0. The predicted molar refractivity (Wildman–Crippen MR) is 291 cm³/mol. The zero-order chi connectivity index (χ0) is 46.9. The molecule has 0 unspecified atom stereocenters. The molecule has 0 atom stereocenters. The van der Waals surface area contributed by atoms with E-state index in [-0.39, 0.29) is 17.5 Å². The fourth-order valence-electron chi connectivity index (χ4n) is 11.1. The molecule has 2 aliphatic rings. The maximum absolute atomic E-state index is 6.94. The number of benzene rings is 8. The first kappa shape index (κ1) is 41.2. The minimum absolute atomic E-state index is 0.0122. The standard InChI is InChI=1S/C62H52BN5O/c1-39-35-53-57-54(36-39)68(51-25-16-23-48-47-22-13-14-26-55(47)69-58(48)51)52-37-45(66(44-30-27-41(28-31-44)61(2,3)4)50-24-15-18-40-17-11-12-21-46(40)50)32-33-49(52)63(57)59-60(67(53)43-19-9-8-10-20-43)65-38-42(62(5,6)7)29-34-56(65)64-59/h8-38H,1-7H3. The van der Waals surface area contributed by atoms with Crippen molar-refractivity contribution < 1.29 is 4.42 Å². The SMILES string of the molecule is Cc1cc2c3c(c1)N(c1ccccc1)c1c(nc4ccc(C(C)(C)C)cn14)B3c1ccc(N(c3ccc(C(C)(C)C)cc3)c3cccc4ccccc34)cc1N2c1cccc2c1oc1ccccc12. The minimum Gasteiger partial charge on any atom is -0.454 e. The molecule has 3 aromatic heterocycles. The molecule has 5 heterocycles. The third kappa shape index (κ3) is 6.36. The Balaban J connectivity index is 1.13. The lowest BCUT2D eigenvalue weighted by Gasteiger charge is -2.43. The van der Waals surface area contributed by atoms with Gasteiger partial charge in [-0.15, -0.1) is 0 Å². The molecular weight excluding hydrogens is 842 g/mol. The molecule has 0 fully saturated rings. The fraction of sp³-hybridized carbons (Fsp3) is 0.145. The average Bonchev–Trinajstić information content (AvgIpc) is 3.93. The Morgan fingerprint density at radius 3 is 1.97 bits per heavy atom. The number of hydrogen-bond acceptors (Lipinski definition) is 5. The Morgan fingerprint density at radius 2 is 1.19 bits per heavy atom. The maximum atomic E-state index is 6.94. The van der Waals surface area contributed by atoms with E-state index in [9.17, 15) is 0 Å². The smallest absolute Gasteiger partial charge is 0.277 e. The highest BCUT2D eigenvalue weighted by Crippen LogP contribution is 2.49. The summed E-state index contributed by atoms with van der Waals surface area (Å²) < 4.78 is 9.28. The van der Waals surface area contributed by atoms with E-state index in [0.717, 1.165) is 90.1 Å². The van der Waals surface area contributed by atoms with Crippen molar-refractivity contribution in [2.75, 3.05) is 14.7 Å². The molecule has 69 heavy (non-hydrogen) atoms. The van der Waals surface area contributed by atoms with Crippen LogP contribution >= 0.6 is 0 Å². The molecule has 0 spiro atoms. The van der Waals surface area contributed by atoms with Crippen LogP contribution in [0.5, 0.6) is 0 Å². The van der Waals surface area contributed by atoms with Gasteiger partial charge in [0, 0.05) is 56.5 Å². The Labute approximate surface area is 403 Å². The number of hydrogen-bond donors (Lipinski definition) is 0. The average molecular weight is 894 g/mol. The van der Waals surface area contributed by atoms with E-state index in [4.69, 9.17) is 9.40 Å². The van der Waals surface area contributed by atoms with Crippen molar-refractivity contribution in [2.45, 2.75) is 59.3 Å². The summed E-state index contributed by atoms with van der Waals surface area (Å²) >= 11 is 0. The molecule has 0 saturated heterocycles. The highest BCUT2D eigenvalue weighted by molar-refractivity contribution is 7.00. The summed E-state index contributed by atoms with van der Waals surface area (Å²) in [6, 6.07) is 66.6. The lowest BCUT2D eigenvalue weighted by molar-refractivity contribution is 0.586. The van der Waals surface area contributed by atoms with E-state index < -0.39 is 0 Å². The summed E-state index contributed by atoms with van der Waals surface area (Å²) in [5, 5.41) is 4.57. The van der Waals surface area contributed by atoms with Crippen LogP contribution in [0, 0.1) is 6.92 Å². The van der Waals surface area contributed by atoms with Gasteiger partial charge in [0.25, 0.3) is 6.71 Å². The van der Waals surface area contributed by atoms with Crippen molar-refractivity contribution in [3.05, 3.63) is 205 Å². The zero-order valence-corrected chi connectivity index (χ0v) is 40.1. The van der Waals surface area contributed by atoms with Gasteiger partial charge >= 0.3 is 0 Å². The van der Waals surface area contributed by atoms with E-state index in [2.05, 4.69) is 256 Å². The zero-order valence-electron chi connectivity index (χ0n) is 40.1. The molecule has 6 nitrogen and oxygen atoms in total. The van der Waals surface area contributed by atoms with Crippen LogP contribution in [0.25, 0.3) is 38.4 Å². The van der Waals surface area contributed by atoms with Crippen LogP contribution in [0.1, 0.15) is 58.2 Å². The van der Waals surface area contributed by atoms with Gasteiger partial charge in [0.15, 0.2) is 5.58 Å². The molecule has 2 aliphatic heterocycles. The maximum Gasteiger partial charge on any atom is 0.277 e. The van der Waals surface area contributed by atoms with Gasteiger partial charge in [0.05, 0.1) is 17.0 Å². The van der Waals surface area contributed by atoms with E-state index >= 15 is 0 Å². The molecule has 13 rings (SSSR count). The Bertz CT molecular complexity index is 3850. The number of aromatic nitrogens is 2. The molecular formula is C62H52BN5O. The van der Waals surface area contributed by atoms with Gasteiger partial charge in [-0.1, -0.05) is 151 Å². The van der Waals surface area contributed by atoms with Crippen LogP contribution < -0.4 is 31.2 Å². The van der Waals surface area contributed by atoms with Gasteiger partial charge in [-0.25, -0.2) is 4.98 Å². The molecule has 0 amide bonds. The number of anilines is 9. The largest absolute Gasteiger partial charge is 0.454 e. The van der Waals surface area contributed by atoms with Gasteiger partial charge < -0.3 is 14.2 Å². The van der Waals surface area contributed by atoms with Crippen LogP contribution in [0.15, 0.2) is 193 Å². The molecule has 11 aromatic rings. The van der Waals surface area contributed by atoms with Crippen molar-refractivity contribution >= 4 is 113 Å². The van der Waals surface area contributed by atoms with Crippen LogP contribution in [-0.4, -0.2) is 16.1 Å². The topological polar surface area (TPSA) is 40.2 Å². The van der Waals surface area contributed by atoms with Crippen molar-refractivity contribution in [3.8, 4) is 0 Å². The third-order valence-corrected chi connectivity index (χ3v) is 14.5. The number of para-hydroxylation sites is 3. The van der Waals surface area contributed by atoms with Gasteiger partial charge in [-0.2, -0.15) is 0 Å². The number of pyridine rings is 1. The second kappa shape index (κ2) is 15.0. The van der Waals surface area contributed by atoms with Crippen LogP contribution in [-0.2, 0) is 10.8 Å². The number of nitrogens with zero attached hydrogens (tertiary/aromatic N) is 5. The summed E-state index contributed by atoms with van der Waals surface area (Å²) in [6.45, 7) is 15.7. The first-order valence-corrected chi connectivity index (χ1v) is 24.2. The number of aryl methyl sites for hydroxylation is 1. The highest BCUT2D eigenvalue weighted by atomic mass is 16.3. The summed E-state index contributed by atoms with van der Waals surface area (Å²) in [4.78, 5) is 13.0. The van der Waals surface area contributed by atoms with E-state index in [1.807, 2.05) is 0 Å². The number of fused-ring (bicyclic) bond motifs is 10. The van der Waals surface area contributed by atoms with Gasteiger partial charge in [0.1, 0.15) is 17.0 Å². The number of rotatable bonds is 5. The van der Waals surface area contributed by atoms with Crippen LogP contribution in [0.2, 0.25) is 0 Å². The normalized spacial score (nSPS) is 13.3. The molecule has 8 aromatic carbocycles. The van der Waals surface area contributed by atoms with E-state index in [1.54, 1.807) is 0 Å². The third-order valence-electron chi connectivity index (χ3n) is 14.5. The predicted octanol–water partition coefficient (Wildman–Crippen LogP) is 14.8. The van der Waals surface area contributed by atoms with Crippen molar-refractivity contribution in [3.63, 3.8) is 0 Å². The first-order chi connectivity index (χ1) is 33.4. The lowest BCUT2D eigenvalue weighted by atomic mass is 9.35. The van der Waals surface area contributed by atoms with Gasteiger partial charge in [-0.05, 0) is 124 Å².